The first-order valence-electron chi connectivity index (χ1n) is 8.53. The Hall–Kier alpha value is -3.36. The number of benzene rings is 2. The molecule has 0 radical (unpaired) electrons. The predicted molar refractivity (Wildman–Crippen MR) is 108 cm³/mol. The maximum atomic E-state index is 13.6. The highest BCUT2D eigenvalue weighted by Crippen LogP contribution is 2.36. The Bertz CT molecular complexity index is 1230. The molecule has 0 bridgehead atoms. The fraction of sp³-hybridized carbons (Fsp3) is 0.0909. The molecule has 0 saturated carbocycles. The highest BCUT2D eigenvalue weighted by Gasteiger charge is 2.17. The van der Waals surface area contributed by atoms with E-state index in [-0.39, 0.29) is 12.4 Å². The molecule has 0 aliphatic carbocycles. The highest BCUT2D eigenvalue weighted by molar-refractivity contribution is 6.32. The molecule has 2 aromatic carbocycles. The molecular weight excluding hydrogens is 377 g/mol. The lowest BCUT2D eigenvalue weighted by atomic mass is 10.0. The number of nitrogens with zero attached hydrogens (tertiary/aromatic N) is 3. The minimum atomic E-state index is -0.296. The lowest BCUT2D eigenvalue weighted by Crippen LogP contribution is -1.99. The van der Waals surface area contributed by atoms with E-state index in [2.05, 4.69) is 15.9 Å². The molecule has 4 nitrogen and oxygen atoms in total. The van der Waals surface area contributed by atoms with Crippen LogP contribution in [-0.4, -0.2) is 21.1 Å². The van der Waals surface area contributed by atoms with E-state index in [4.69, 9.17) is 22.8 Å². The van der Waals surface area contributed by atoms with Gasteiger partial charge >= 0.3 is 0 Å². The van der Waals surface area contributed by atoms with Crippen LogP contribution >= 0.6 is 11.6 Å². The van der Waals surface area contributed by atoms with Crippen LogP contribution in [0.4, 0.5) is 4.39 Å². The molecule has 0 atom stereocenters. The van der Waals surface area contributed by atoms with Crippen LogP contribution in [0.1, 0.15) is 5.56 Å². The standard InChI is InChI=1S/C22H15ClFN3O/c1-3-10-28-16-5-7-19-18(12-16)26-13-27(19)20-8-9-25-22(23)21(20)17-6-4-15(24)11-14(17)2/h1,4-9,11-13H,10H2,2H3. The first-order chi connectivity index (χ1) is 13.6. The smallest absolute Gasteiger partial charge is 0.148 e. The van der Waals surface area contributed by atoms with Crippen LogP contribution in [0.5, 0.6) is 5.75 Å². The van der Waals surface area contributed by atoms with E-state index in [1.807, 2.05) is 35.8 Å². The maximum Gasteiger partial charge on any atom is 0.148 e. The van der Waals surface area contributed by atoms with Crippen LogP contribution in [0.25, 0.3) is 27.8 Å². The second kappa shape index (κ2) is 7.34. The Balaban J connectivity index is 1.89. The van der Waals surface area contributed by atoms with Crippen LogP contribution in [-0.2, 0) is 0 Å². The van der Waals surface area contributed by atoms with E-state index in [0.717, 1.165) is 27.8 Å². The third kappa shape index (κ3) is 3.19. The number of ether oxygens (including phenoxy) is 1. The van der Waals surface area contributed by atoms with Crippen LogP contribution in [0.3, 0.4) is 0 Å². The minimum Gasteiger partial charge on any atom is -0.481 e. The van der Waals surface area contributed by atoms with Gasteiger partial charge in [-0.05, 0) is 48.4 Å². The van der Waals surface area contributed by atoms with E-state index in [0.29, 0.717) is 16.5 Å². The predicted octanol–water partition coefficient (Wildman–Crippen LogP) is 5.20. The molecule has 28 heavy (non-hydrogen) atoms. The van der Waals surface area contributed by atoms with Gasteiger partial charge in [-0.2, -0.15) is 0 Å². The number of pyridine rings is 1. The minimum absolute atomic E-state index is 0.195. The van der Waals surface area contributed by atoms with E-state index in [9.17, 15) is 4.39 Å². The quantitative estimate of drug-likeness (QED) is 0.354. The van der Waals surface area contributed by atoms with Gasteiger partial charge in [-0.1, -0.05) is 23.6 Å². The van der Waals surface area contributed by atoms with Crippen molar-refractivity contribution < 1.29 is 9.13 Å². The number of aryl methyl sites for hydroxylation is 1. The van der Waals surface area contributed by atoms with Crippen LogP contribution < -0.4 is 4.74 Å². The van der Waals surface area contributed by atoms with Crippen molar-refractivity contribution in [2.75, 3.05) is 6.61 Å². The molecule has 0 spiro atoms. The van der Waals surface area contributed by atoms with Gasteiger partial charge in [0, 0.05) is 17.8 Å². The van der Waals surface area contributed by atoms with Gasteiger partial charge in [0.25, 0.3) is 0 Å². The zero-order valence-electron chi connectivity index (χ0n) is 15.0. The number of fused-ring (bicyclic) bond motifs is 1. The van der Waals surface area contributed by atoms with Crippen molar-refractivity contribution in [2.24, 2.45) is 0 Å². The van der Waals surface area contributed by atoms with E-state index < -0.39 is 0 Å². The molecule has 6 heteroatoms. The molecule has 0 saturated heterocycles. The first-order valence-corrected chi connectivity index (χ1v) is 8.91. The summed E-state index contributed by atoms with van der Waals surface area (Å²) in [5.41, 5.74) is 4.72. The number of hydrogen-bond donors (Lipinski definition) is 0. The van der Waals surface area contributed by atoms with Crippen molar-refractivity contribution in [1.29, 1.82) is 0 Å². The fourth-order valence-corrected chi connectivity index (χ4v) is 3.44. The molecule has 4 rings (SSSR count). The zero-order valence-corrected chi connectivity index (χ0v) is 15.7. The number of imidazole rings is 1. The summed E-state index contributed by atoms with van der Waals surface area (Å²) in [4.78, 5) is 8.69. The molecule has 2 heterocycles. The van der Waals surface area contributed by atoms with Gasteiger partial charge in [0.1, 0.15) is 29.7 Å². The van der Waals surface area contributed by atoms with E-state index in [1.54, 1.807) is 18.6 Å². The second-order valence-electron chi connectivity index (χ2n) is 6.21. The Morgan fingerprint density at radius 3 is 2.82 bits per heavy atom. The summed E-state index contributed by atoms with van der Waals surface area (Å²) < 4.78 is 21.0. The summed E-state index contributed by atoms with van der Waals surface area (Å²) in [6.07, 6.45) is 8.59. The maximum absolute atomic E-state index is 13.6. The van der Waals surface area contributed by atoms with Crippen molar-refractivity contribution in [1.82, 2.24) is 14.5 Å². The summed E-state index contributed by atoms with van der Waals surface area (Å²) in [6.45, 7) is 2.03. The Labute approximate surface area is 166 Å². The third-order valence-electron chi connectivity index (χ3n) is 4.44. The van der Waals surface area contributed by atoms with Crippen LogP contribution in [0.2, 0.25) is 5.15 Å². The number of hydrogen-bond acceptors (Lipinski definition) is 3. The van der Waals surface area contributed by atoms with Crippen molar-refractivity contribution in [3.05, 3.63) is 71.5 Å². The fourth-order valence-electron chi connectivity index (χ4n) is 3.18. The topological polar surface area (TPSA) is 39.9 Å². The van der Waals surface area contributed by atoms with E-state index >= 15 is 0 Å². The number of rotatable bonds is 4. The normalized spacial score (nSPS) is 10.8. The molecule has 0 aliphatic heterocycles. The van der Waals surface area contributed by atoms with E-state index in [1.165, 1.54) is 12.1 Å². The largest absolute Gasteiger partial charge is 0.481 e. The Kier molecular flexibility index (Phi) is 4.72. The van der Waals surface area contributed by atoms with Gasteiger partial charge in [0.15, 0.2) is 0 Å². The van der Waals surface area contributed by atoms with Gasteiger partial charge in [0.05, 0.1) is 16.7 Å². The van der Waals surface area contributed by atoms with Gasteiger partial charge in [-0.3, -0.25) is 4.57 Å². The monoisotopic (exact) mass is 391 g/mol. The Morgan fingerprint density at radius 1 is 1.18 bits per heavy atom. The lowest BCUT2D eigenvalue weighted by molar-refractivity contribution is 0.371. The van der Waals surface area contributed by atoms with Crippen molar-refractivity contribution in [3.63, 3.8) is 0 Å². The zero-order chi connectivity index (χ0) is 19.7. The SMILES string of the molecule is C#CCOc1ccc2c(c1)ncn2-c1ccnc(Cl)c1-c1ccc(F)cc1C. The summed E-state index contributed by atoms with van der Waals surface area (Å²) in [5.74, 6) is 2.80. The van der Waals surface area contributed by atoms with Gasteiger partial charge in [-0.25, -0.2) is 14.4 Å². The van der Waals surface area contributed by atoms with Crippen LogP contribution in [0, 0.1) is 25.1 Å². The summed E-state index contributed by atoms with van der Waals surface area (Å²) in [5, 5.41) is 0.336. The highest BCUT2D eigenvalue weighted by atomic mass is 35.5. The molecular formula is C22H15ClFN3O. The molecule has 138 valence electrons. The van der Waals surface area contributed by atoms with Gasteiger partial charge in [0.2, 0.25) is 0 Å². The average molecular weight is 392 g/mol. The molecule has 0 unspecified atom stereocenters. The first kappa shape index (κ1) is 18.0. The summed E-state index contributed by atoms with van der Waals surface area (Å²) in [6, 6.07) is 12.0. The van der Waals surface area contributed by atoms with Gasteiger partial charge < -0.3 is 4.74 Å². The van der Waals surface area contributed by atoms with Crippen molar-refractivity contribution in [2.45, 2.75) is 6.92 Å². The molecule has 4 aromatic rings. The summed E-state index contributed by atoms with van der Waals surface area (Å²) >= 11 is 6.45. The number of terminal acetylenes is 1. The van der Waals surface area contributed by atoms with Crippen molar-refractivity contribution in [3.8, 4) is 34.9 Å². The molecule has 2 aromatic heterocycles. The van der Waals surface area contributed by atoms with Crippen LogP contribution in [0.15, 0.2) is 55.0 Å². The number of halogens is 2. The lowest BCUT2D eigenvalue weighted by Gasteiger charge is -2.15. The third-order valence-corrected chi connectivity index (χ3v) is 4.73. The van der Waals surface area contributed by atoms with Gasteiger partial charge in [-0.15, -0.1) is 6.42 Å². The molecule has 0 amide bonds. The molecule has 0 aliphatic rings. The van der Waals surface area contributed by atoms with Crippen molar-refractivity contribution >= 4 is 22.6 Å². The molecule has 0 N–H and O–H groups in total. The second-order valence-corrected chi connectivity index (χ2v) is 6.57. The average Bonchev–Trinajstić information content (AvgIpc) is 3.10. The summed E-state index contributed by atoms with van der Waals surface area (Å²) in [7, 11) is 0. The Morgan fingerprint density at radius 2 is 2.04 bits per heavy atom. The molecule has 0 fully saturated rings. The number of aromatic nitrogens is 3.